The molecule has 0 fully saturated rings. The van der Waals surface area contributed by atoms with Crippen LogP contribution < -0.4 is 10.3 Å². The van der Waals surface area contributed by atoms with Crippen LogP contribution in [0.25, 0.3) is 16.7 Å². The van der Waals surface area contributed by atoms with Gasteiger partial charge in [0.2, 0.25) is 0 Å². The number of alkyl halides is 3. The van der Waals surface area contributed by atoms with Gasteiger partial charge in [-0.05, 0) is 24.3 Å². The molecule has 2 heterocycles. The molecule has 0 amide bonds. The van der Waals surface area contributed by atoms with Crippen LogP contribution in [0.1, 0.15) is 0 Å². The van der Waals surface area contributed by atoms with Crippen LogP contribution in [0, 0.1) is 0 Å². The van der Waals surface area contributed by atoms with E-state index in [0.717, 1.165) is 12.1 Å². The van der Waals surface area contributed by atoms with Crippen molar-refractivity contribution in [3.8, 4) is 11.4 Å². The lowest BCUT2D eigenvalue weighted by Crippen LogP contribution is -2.19. The normalized spacial score (nSPS) is 11.9. The van der Waals surface area contributed by atoms with Gasteiger partial charge in [-0.25, -0.2) is 4.98 Å². The van der Waals surface area contributed by atoms with E-state index < -0.39 is 6.36 Å². The summed E-state index contributed by atoms with van der Waals surface area (Å²) in [6, 6.07) is 4.97. The van der Waals surface area contributed by atoms with Crippen molar-refractivity contribution >= 4 is 23.7 Å². The van der Waals surface area contributed by atoms with E-state index in [4.69, 9.17) is 0 Å². The SMILES string of the molecule is Cn1cnc2c(=O)n(-c3ccc(OC(F)(F)F)cc3)cc(S)c21. The van der Waals surface area contributed by atoms with Gasteiger partial charge in [0.25, 0.3) is 5.56 Å². The fourth-order valence-corrected chi connectivity index (χ4v) is 2.62. The van der Waals surface area contributed by atoms with Gasteiger partial charge < -0.3 is 9.30 Å². The van der Waals surface area contributed by atoms with E-state index >= 15 is 0 Å². The van der Waals surface area contributed by atoms with Gasteiger partial charge in [-0.15, -0.1) is 25.8 Å². The number of fused-ring (bicyclic) bond motifs is 1. The van der Waals surface area contributed by atoms with Crippen molar-refractivity contribution in [3.05, 3.63) is 47.1 Å². The average molecular weight is 341 g/mol. The van der Waals surface area contributed by atoms with E-state index in [1.54, 1.807) is 11.6 Å². The molecule has 2 aromatic heterocycles. The van der Waals surface area contributed by atoms with Crippen LogP contribution in [0.15, 0.2) is 46.5 Å². The van der Waals surface area contributed by atoms with E-state index in [0.29, 0.717) is 16.1 Å². The summed E-state index contributed by atoms with van der Waals surface area (Å²) in [6.45, 7) is 0. The van der Waals surface area contributed by atoms with Crippen molar-refractivity contribution in [2.24, 2.45) is 7.05 Å². The van der Waals surface area contributed by atoms with Crippen LogP contribution >= 0.6 is 12.6 Å². The molecule has 0 atom stereocenters. The predicted octanol–water partition coefficient (Wildman–Crippen LogP) is 2.91. The zero-order chi connectivity index (χ0) is 16.8. The highest BCUT2D eigenvalue weighted by atomic mass is 32.1. The van der Waals surface area contributed by atoms with E-state index in [1.807, 2.05) is 0 Å². The Hall–Kier alpha value is -2.42. The molecule has 0 radical (unpaired) electrons. The lowest BCUT2D eigenvalue weighted by atomic mass is 10.3. The molecule has 0 aliphatic rings. The largest absolute Gasteiger partial charge is 0.573 e. The molecule has 9 heteroatoms. The first-order chi connectivity index (χ1) is 10.8. The Morgan fingerprint density at radius 1 is 1.22 bits per heavy atom. The summed E-state index contributed by atoms with van der Waals surface area (Å²) in [7, 11) is 1.74. The molecule has 0 N–H and O–H groups in total. The Balaban J connectivity index is 2.07. The highest BCUT2D eigenvalue weighted by Crippen LogP contribution is 2.24. The fourth-order valence-electron chi connectivity index (χ4n) is 2.25. The van der Waals surface area contributed by atoms with Gasteiger partial charge in [0.1, 0.15) is 5.75 Å². The number of imidazole rings is 1. The molecule has 1 aromatic carbocycles. The standard InChI is InChI=1S/C14H10F3N3O2S/c1-19-7-18-11-12(19)10(23)6-20(13(11)21)8-2-4-9(5-3-8)22-14(15,16)17/h2-7,23H,1H3. The molecule has 0 bridgehead atoms. The van der Waals surface area contributed by atoms with Gasteiger partial charge in [0.05, 0.1) is 11.8 Å². The maximum Gasteiger partial charge on any atom is 0.573 e. The summed E-state index contributed by atoms with van der Waals surface area (Å²) in [5.74, 6) is -0.362. The summed E-state index contributed by atoms with van der Waals surface area (Å²) in [4.78, 5) is 17.0. The van der Waals surface area contributed by atoms with E-state index in [-0.39, 0.29) is 16.8 Å². The molecule has 0 saturated carbocycles. The van der Waals surface area contributed by atoms with Crippen LogP contribution in [-0.4, -0.2) is 20.5 Å². The van der Waals surface area contributed by atoms with Gasteiger partial charge >= 0.3 is 6.36 Å². The molecule has 0 aliphatic heterocycles. The number of hydrogen-bond acceptors (Lipinski definition) is 4. The molecular weight excluding hydrogens is 331 g/mol. The second-order valence-electron chi connectivity index (χ2n) is 4.78. The Bertz CT molecular complexity index is 929. The highest BCUT2D eigenvalue weighted by molar-refractivity contribution is 7.80. The Morgan fingerprint density at radius 2 is 1.87 bits per heavy atom. The summed E-state index contributed by atoms with van der Waals surface area (Å²) in [5.41, 5.74) is 0.817. The number of hydrogen-bond donors (Lipinski definition) is 1. The monoisotopic (exact) mass is 341 g/mol. The predicted molar refractivity (Wildman–Crippen MR) is 80.2 cm³/mol. The van der Waals surface area contributed by atoms with Crippen LogP contribution in [0.2, 0.25) is 0 Å². The number of aromatic nitrogens is 3. The summed E-state index contributed by atoms with van der Waals surface area (Å²) < 4.78 is 43.2. The van der Waals surface area contributed by atoms with Crippen LogP contribution in [-0.2, 0) is 7.05 Å². The maximum absolute atomic E-state index is 12.5. The van der Waals surface area contributed by atoms with Crippen molar-refractivity contribution in [3.63, 3.8) is 0 Å². The second-order valence-corrected chi connectivity index (χ2v) is 5.27. The van der Waals surface area contributed by atoms with Crippen LogP contribution in [0.3, 0.4) is 0 Å². The van der Waals surface area contributed by atoms with Crippen molar-refractivity contribution in [2.45, 2.75) is 11.3 Å². The number of ether oxygens (including phenoxy) is 1. The van der Waals surface area contributed by atoms with E-state index in [1.165, 1.54) is 29.2 Å². The first kappa shape index (κ1) is 15.5. The topological polar surface area (TPSA) is 49.0 Å². The van der Waals surface area contributed by atoms with Gasteiger partial charge in [-0.2, -0.15) is 0 Å². The molecule has 0 spiro atoms. The minimum atomic E-state index is -4.76. The first-order valence-corrected chi connectivity index (χ1v) is 6.83. The molecule has 120 valence electrons. The minimum absolute atomic E-state index is 0.232. The third kappa shape index (κ3) is 2.91. The number of benzene rings is 1. The number of pyridine rings is 1. The Morgan fingerprint density at radius 3 is 2.48 bits per heavy atom. The number of thiol groups is 1. The van der Waals surface area contributed by atoms with Gasteiger partial charge in [0, 0.05) is 23.8 Å². The van der Waals surface area contributed by atoms with Crippen molar-refractivity contribution in [1.82, 2.24) is 14.1 Å². The third-order valence-electron chi connectivity index (χ3n) is 3.20. The number of aryl methyl sites for hydroxylation is 1. The lowest BCUT2D eigenvalue weighted by Gasteiger charge is -2.11. The quantitative estimate of drug-likeness (QED) is 0.729. The molecule has 3 aromatic rings. The average Bonchev–Trinajstić information content (AvgIpc) is 2.85. The molecule has 23 heavy (non-hydrogen) atoms. The molecule has 0 aliphatic carbocycles. The molecular formula is C14H10F3N3O2S. The van der Waals surface area contributed by atoms with Crippen molar-refractivity contribution < 1.29 is 17.9 Å². The maximum atomic E-state index is 12.5. The zero-order valence-corrected chi connectivity index (χ0v) is 12.6. The van der Waals surface area contributed by atoms with E-state index in [9.17, 15) is 18.0 Å². The van der Waals surface area contributed by atoms with Crippen molar-refractivity contribution in [2.75, 3.05) is 0 Å². The first-order valence-electron chi connectivity index (χ1n) is 6.38. The van der Waals surface area contributed by atoms with E-state index in [2.05, 4.69) is 22.3 Å². The molecule has 0 unspecified atom stereocenters. The lowest BCUT2D eigenvalue weighted by molar-refractivity contribution is -0.274. The number of halogens is 3. The van der Waals surface area contributed by atoms with Crippen LogP contribution in [0.5, 0.6) is 5.75 Å². The smallest absolute Gasteiger partial charge is 0.406 e. The Kier molecular flexibility index (Phi) is 3.59. The minimum Gasteiger partial charge on any atom is -0.406 e. The van der Waals surface area contributed by atoms with Crippen molar-refractivity contribution in [1.29, 1.82) is 0 Å². The number of nitrogens with zero attached hydrogens (tertiary/aromatic N) is 3. The van der Waals surface area contributed by atoms with Gasteiger partial charge in [-0.3, -0.25) is 9.36 Å². The summed E-state index contributed by atoms with van der Waals surface area (Å²) in [6.07, 6.45) is -1.77. The second kappa shape index (κ2) is 5.34. The van der Waals surface area contributed by atoms with Crippen LogP contribution in [0.4, 0.5) is 13.2 Å². The van der Waals surface area contributed by atoms with Gasteiger partial charge in [0.15, 0.2) is 5.52 Å². The number of rotatable bonds is 2. The highest BCUT2D eigenvalue weighted by Gasteiger charge is 2.31. The van der Waals surface area contributed by atoms with Gasteiger partial charge in [-0.1, -0.05) is 0 Å². The Labute approximate surface area is 133 Å². The fraction of sp³-hybridized carbons (Fsp3) is 0.143. The molecule has 0 saturated heterocycles. The molecule has 3 rings (SSSR count). The molecule has 5 nitrogen and oxygen atoms in total. The summed E-state index contributed by atoms with van der Waals surface area (Å²) in [5, 5.41) is 0. The third-order valence-corrected chi connectivity index (χ3v) is 3.53. The zero-order valence-electron chi connectivity index (χ0n) is 11.7. The summed E-state index contributed by atoms with van der Waals surface area (Å²) >= 11 is 4.34.